The molecule has 0 unspecified atom stereocenters. The first-order valence-electron chi connectivity index (χ1n) is 5.89. The molecule has 0 saturated carbocycles. The van der Waals surface area contributed by atoms with E-state index in [9.17, 15) is 0 Å². The molecule has 0 N–H and O–H groups in total. The van der Waals surface area contributed by atoms with Gasteiger partial charge in [0, 0.05) is 0 Å². The van der Waals surface area contributed by atoms with E-state index in [0.29, 0.717) is 0 Å². The highest BCUT2D eigenvalue weighted by molar-refractivity contribution is 5.80. The van der Waals surface area contributed by atoms with Crippen LogP contribution in [0.3, 0.4) is 0 Å². The quantitative estimate of drug-likeness (QED) is 0.693. The van der Waals surface area contributed by atoms with Crippen LogP contribution in [-0.2, 0) is 0 Å². The molecule has 18 heavy (non-hydrogen) atoms. The molecule has 0 nitrogen and oxygen atoms in total. The smallest absolute Gasteiger partial charge is 0.0178 e. The van der Waals surface area contributed by atoms with E-state index in [2.05, 4.69) is 44.0 Å². The van der Waals surface area contributed by atoms with E-state index >= 15 is 0 Å². The fourth-order valence-electron chi connectivity index (χ4n) is 1.87. The zero-order valence-electron chi connectivity index (χ0n) is 10.4. The summed E-state index contributed by atoms with van der Waals surface area (Å²) in [6.45, 7) is 11.8. The SMILES string of the molecule is C=Cc1cccc(C(=C)c2cccc(C=C)c2)c1. The lowest BCUT2D eigenvalue weighted by Crippen LogP contribution is -1.87. The summed E-state index contributed by atoms with van der Waals surface area (Å²) in [5, 5.41) is 0. The Bertz CT molecular complexity index is 549. The molecule has 2 aromatic carbocycles. The van der Waals surface area contributed by atoms with Crippen LogP contribution in [0, 0.1) is 0 Å². The van der Waals surface area contributed by atoms with Gasteiger partial charge in [-0.05, 0) is 40.0 Å². The predicted molar refractivity (Wildman–Crippen MR) is 81.2 cm³/mol. The molecule has 0 fully saturated rings. The predicted octanol–water partition coefficient (Wildman–Crippen LogP) is 5.03. The Kier molecular flexibility index (Phi) is 3.59. The fourth-order valence-corrected chi connectivity index (χ4v) is 1.87. The fraction of sp³-hybridized carbons (Fsp3) is 0. The monoisotopic (exact) mass is 232 g/mol. The Morgan fingerprint density at radius 2 is 1.22 bits per heavy atom. The average Bonchev–Trinajstić information content (AvgIpc) is 2.46. The van der Waals surface area contributed by atoms with Crippen molar-refractivity contribution in [2.45, 2.75) is 0 Å². The lowest BCUT2D eigenvalue weighted by molar-refractivity contribution is 1.53. The van der Waals surface area contributed by atoms with Gasteiger partial charge >= 0.3 is 0 Å². The second-order valence-corrected chi connectivity index (χ2v) is 4.14. The minimum atomic E-state index is 1.02. The largest absolute Gasteiger partial charge is 0.0985 e. The molecule has 0 heterocycles. The van der Waals surface area contributed by atoms with Crippen LogP contribution in [0.4, 0.5) is 0 Å². The Labute approximate surface area is 109 Å². The van der Waals surface area contributed by atoms with Gasteiger partial charge in [0.05, 0.1) is 0 Å². The van der Waals surface area contributed by atoms with Gasteiger partial charge in [-0.2, -0.15) is 0 Å². The van der Waals surface area contributed by atoms with Crippen molar-refractivity contribution in [2.24, 2.45) is 0 Å². The van der Waals surface area contributed by atoms with Crippen molar-refractivity contribution >= 4 is 17.7 Å². The van der Waals surface area contributed by atoms with Crippen LogP contribution in [0.5, 0.6) is 0 Å². The summed E-state index contributed by atoms with van der Waals surface area (Å²) in [6.07, 6.45) is 3.69. The molecular weight excluding hydrogens is 216 g/mol. The molecule has 0 radical (unpaired) electrons. The van der Waals surface area contributed by atoms with E-state index in [0.717, 1.165) is 27.8 Å². The van der Waals surface area contributed by atoms with Gasteiger partial charge in [0.15, 0.2) is 0 Å². The van der Waals surface area contributed by atoms with Crippen molar-refractivity contribution in [1.82, 2.24) is 0 Å². The lowest BCUT2D eigenvalue weighted by atomic mass is 9.97. The maximum absolute atomic E-state index is 4.18. The minimum Gasteiger partial charge on any atom is -0.0985 e. The third kappa shape index (κ3) is 2.49. The Hall–Kier alpha value is -2.34. The Morgan fingerprint density at radius 3 is 1.61 bits per heavy atom. The van der Waals surface area contributed by atoms with Crippen LogP contribution in [-0.4, -0.2) is 0 Å². The molecular formula is C18H16. The number of benzene rings is 2. The first-order valence-corrected chi connectivity index (χ1v) is 5.89. The first-order chi connectivity index (χ1) is 8.74. The molecule has 0 heteroatoms. The molecule has 0 aliphatic rings. The van der Waals surface area contributed by atoms with E-state index in [1.807, 2.05) is 36.4 Å². The molecule has 0 saturated heterocycles. The van der Waals surface area contributed by atoms with Crippen molar-refractivity contribution in [3.63, 3.8) is 0 Å². The second kappa shape index (κ2) is 5.33. The molecule has 0 aromatic heterocycles. The number of hydrogen-bond donors (Lipinski definition) is 0. The highest BCUT2D eigenvalue weighted by Gasteiger charge is 2.03. The summed E-state index contributed by atoms with van der Waals surface area (Å²) < 4.78 is 0. The summed E-state index contributed by atoms with van der Waals surface area (Å²) in [7, 11) is 0. The van der Waals surface area contributed by atoms with Crippen LogP contribution in [0.25, 0.3) is 17.7 Å². The average molecular weight is 232 g/mol. The standard InChI is InChI=1S/C18H16/c1-4-15-8-6-10-17(12-15)14(3)18-11-7-9-16(5-2)13-18/h4-13H,1-3H2. The van der Waals surface area contributed by atoms with E-state index < -0.39 is 0 Å². The highest BCUT2D eigenvalue weighted by Crippen LogP contribution is 2.23. The second-order valence-electron chi connectivity index (χ2n) is 4.14. The normalized spacial score (nSPS) is 9.78. The number of hydrogen-bond acceptors (Lipinski definition) is 0. The van der Waals surface area contributed by atoms with Crippen LogP contribution in [0.1, 0.15) is 22.3 Å². The Morgan fingerprint density at radius 1 is 0.778 bits per heavy atom. The molecule has 0 spiro atoms. The summed E-state index contributed by atoms with van der Waals surface area (Å²) >= 11 is 0. The van der Waals surface area contributed by atoms with Gasteiger partial charge in [-0.15, -0.1) is 0 Å². The zero-order chi connectivity index (χ0) is 13.0. The van der Waals surface area contributed by atoms with Gasteiger partial charge in [0.25, 0.3) is 0 Å². The topological polar surface area (TPSA) is 0 Å². The van der Waals surface area contributed by atoms with Crippen molar-refractivity contribution in [3.8, 4) is 0 Å². The van der Waals surface area contributed by atoms with Gasteiger partial charge in [0.1, 0.15) is 0 Å². The van der Waals surface area contributed by atoms with Gasteiger partial charge in [-0.25, -0.2) is 0 Å². The van der Waals surface area contributed by atoms with Crippen molar-refractivity contribution in [1.29, 1.82) is 0 Å². The summed E-state index contributed by atoms with van der Waals surface area (Å²) in [5.74, 6) is 0. The molecule has 2 rings (SSSR count). The summed E-state index contributed by atoms with van der Waals surface area (Å²) in [4.78, 5) is 0. The molecule has 0 amide bonds. The van der Waals surface area contributed by atoms with E-state index in [1.165, 1.54) is 0 Å². The third-order valence-electron chi connectivity index (χ3n) is 2.94. The van der Waals surface area contributed by atoms with E-state index in [-0.39, 0.29) is 0 Å². The van der Waals surface area contributed by atoms with E-state index in [1.54, 1.807) is 0 Å². The van der Waals surface area contributed by atoms with Crippen LogP contribution >= 0.6 is 0 Å². The molecule has 2 aromatic rings. The third-order valence-corrected chi connectivity index (χ3v) is 2.94. The lowest BCUT2D eigenvalue weighted by Gasteiger charge is -2.08. The molecule has 0 atom stereocenters. The molecule has 0 aliphatic heterocycles. The van der Waals surface area contributed by atoms with Crippen LogP contribution in [0.2, 0.25) is 0 Å². The maximum Gasteiger partial charge on any atom is -0.0178 e. The minimum absolute atomic E-state index is 1.02. The van der Waals surface area contributed by atoms with Crippen molar-refractivity contribution in [2.75, 3.05) is 0 Å². The summed E-state index contributed by atoms with van der Waals surface area (Å²) in [6, 6.07) is 16.4. The van der Waals surface area contributed by atoms with Crippen LogP contribution in [0.15, 0.2) is 68.3 Å². The number of rotatable bonds is 4. The van der Waals surface area contributed by atoms with Gasteiger partial charge in [0.2, 0.25) is 0 Å². The van der Waals surface area contributed by atoms with Gasteiger partial charge < -0.3 is 0 Å². The van der Waals surface area contributed by atoms with Gasteiger partial charge in [-0.3, -0.25) is 0 Å². The molecule has 0 bridgehead atoms. The summed E-state index contributed by atoms with van der Waals surface area (Å²) in [5.41, 5.74) is 5.46. The maximum atomic E-state index is 4.18. The van der Waals surface area contributed by atoms with E-state index in [4.69, 9.17) is 0 Å². The van der Waals surface area contributed by atoms with Gasteiger partial charge in [-0.1, -0.05) is 68.3 Å². The zero-order valence-corrected chi connectivity index (χ0v) is 10.4. The van der Waals surface area contributed by atoms with Crippen molar-refractivity contribution < 1.29 is 0 Å². The van der Waals surface area contributed by atoms with Crippen LogP contribution < -0.4 is 0 Å². The van der Waals surface area contributed by atoms with Crippen molar-refractivity contribution in [3.05, 3.63) is 90.5 Å². The first kappa shape index (κ1) is 12.1. The molecule has 88 valence electrons. The Balaban J connectivity index is 2.40. The molecule has 0 aliphatic carbocycles. The highest BCUT2D eigenvalue weighted by atomic mass is 14.1.